The normalized spacial score (nSPS) is 21.6. The van der Waals surface area contributed by atoms with Gasteiger partial charge in [0.1, 0.15) is 16.8 Å². The highest BCUT2D eigenvalue weighted by Gasteiger charge is 2.40. The van der Waals surface area contributed by atoms with E-state index in [2.05, 4.69) is 5.32 Å². The highest BCUT2D eigenvalue weighted by Crippen LogP contribution is 2.37. The summed E-state index contributed by atoms with van der Waals surface area (Å²) in [6.07, 6.45) is 1.14. The van der Waals surface area contributed by atoms with Crippen molar-refractivity contribution in [2.24, 2.45) is 0 Å². The number of nitrogens with zero attached hydrogens (tertiary/aromatic N) is 2. The molecule has 0 saturated carbocycles. The smallest absolute Gasteiger partial charge is 0.255 e. The predicted molar refractivity (Wildman–Crippen MR) is 130 cm³/mol. The number of piperidine rings is 2. The molecule has 1 unspecified atom stereocenters. The van der Waals surface area contributed by atoms with Gasteiger partial charge in [0.2, 0.25) is 21.8 Å². The molecule has 3 aliphatic rings. The fourth-order valence-corrected chi connectivity index (χ4v) is 7.35. The zero-order chi connectivity index (χ0) is 25.8. The third-order valence-corrected chi connectivity index (χ3v) is 9.66. The Morgan fingerprint density at radius 2 is 1.72 bits per heavy atom. The quantitative estimate of drug-likeness (QED) is 0.584. The van der Waals surface area contributed by atoms with Crippen molar-refractivity contribution in [3.05, 3.63) is 62.9 Å². The Balaban J connectivity index is 1.32. The van der Waals surface area contributed by atoms with Gasteiger partial charge < -0.3 is 4.90 Å². The summed E-state index contributed by atoms with van der Waals surface area (Å²) in [4.78, 5) is 37.9. The van der Waals surface area contributed by atoms with Gasteiger partial charge in [0.15, 0.2) is 0 Å². The highest BCUT2D eigenvalue weighted by molar-refractivity contribution is 7.89. The second-order valence-electron chi connectivity index (χ2n) is 9.18. The average molecular weight is 554 g/mol. The molecule has 0 spiro atoms. The van der Waals surface area contributed by atoms with Crippen LogP contribution in [0.4, 0.5) is 4.39 Å². The summed E-state index contributed by atoms with van der Waals surface area (Å²) in [7, 11) is -3.87. The summed E-state index contributed by atoms with van der Waals surface area (Å²) in [6, 6.07) is 6.34. The van der Waals surface area contributed by atoms with E-state index < -0.39 is 33.7 Å². The molecule has 0 aliphatic carbocycles. The average Bonchev–Trinajstić information content (AvgIpc) is 3.15. The van der Waals surface area contributed by atoms with Crippen LogP contribution < -0.4 is 5.32 Å². The maximum Gasteiger partial charge on any atom is 0.255 e. The van der Waals surface area contributed by atoms with Crippen LogP contribution in [0.3, 0.4) is 0 Å². The maximum absolute atomic E-state index is 15.1. The van der Waals surface area contributed by atoms with Crippen LogP contribution in [0.1, 0.15) is 53.1 Å². The fourth-order valence-electron chi connectivity index (χ4n) is 5.14. The number of amides is 3. The first kappa shape index (κ1) is 25.1. The van der Waals surface area contributed by atoms with E-state index in [9.17, 15) is 22.8 Å². The molecule has 3 amide bonds. The molecule has 190 valence electrons. The number of carbonyl (C=O) groups excluding carboxylic acids is 3. The van der Waals surface area contributed by atoms with Crippen LogP contribution in [0.25, 0.3) is 0 Å². The minimum absolute atomic E-state index is 0.0640. The maximum atomic E-state index is 15.1. The predicted octanol–water partition coefficient (Wildman–Crippen LogP) is 3.46. The second-order valence-corrected chi connectivity index (χ2v) is 11.9. The van der Waals surface area contributed by atoms with E-state index in [-0.39, 0.29) is 64.8 Å². The molecule has 3 aliphatic heterocycles. The molecule has 2 aromatic carbocycles. The number of benzene rings is 2. The van der Waals surface area contributed by atoms with Gasteiger partial charge in [-0.05, 0) is 60.6 Å². The number of imide groups is 1. The molecule has 0 aromatic heterocycles. The number of halogens is 3. The fraction of sp³-hybridized carbons (Fsp3) is 0.375. The monoisotopic (exact) mass is 553 g/mol. The van der Waals surface area contributed by atoms with Gasteiger partial charge in [-0.1, -0.05) is 29.3 Å². The van der Waals surface area contributed by atoms with Crippen molar-refractivity contribution < 1.29 is 27.2 Å². The van der Waals surface area contributed by atoms with Crippen molar-refractivity contribution in [3.8, 4) is 0 Å². The van der Waals surface area contributed by atoms with E-state index in [1.54, 1.807) is 6.07 Å². The number of fused-ring (bicyclic) bond motifs is 1. The highest BCUT2D eigenvalue weighted by atomic mass is 35.5. The van der Waals surface area contributed by atoms with Gasteiger partial charge in [-0.25, -0.2) is 12.8 Å². The van der Waals surface area contributed by atoms with E-state index in [1.807, 2.05) is 0 Å². The zero-order valence-corrected chi connectivity index (χ0v) is 21.3. The molecule has 2 saturated heterocycles. The molecule has 3 heterocycles. The Morgan fingerprint density at radius 1 is 1.00 bits per heavy atom. The number of hydrogen-bond acceptors (Lipinski definition) is 5. The molecular formula is C24H22Cl2FN3O5S. The van der Waals surface area contributed by atoms with Crippen LogP contribution in [0.2, 0.25) is 10.0 Å². The van der Waals surface area contributed by atoms with Gasteiger partial charge in [-0.15, -0.1) is 0 Å². The molecule has 36 heavy (non-hydrogen) atoms. The first-order chi connectivity index (χ1) is 17.1. The second kappa shape index (κ2) is 9.41. The molecule has 5 rings (SSSR count). The molecule has 2 aromatic rings. The summed E-state index contributed by atoms with van der Waals surface area (Å²) < 4.78 is 42.7. The van der Waals surface area contributed by atoms with Crippen molar-refractivity contribution in [1.82, 2.24) is 14.5 Å². The molecule has 8 nitrogen and oxygen atoms in total. The van der Waals surface area contributed by atoms with Gasteiger partial charge in [0.05, 0.1) is 5.02 Å². The number of sulfonamides is 1. The van der Waals surface area contributed by atoms with Crippen molar-refractivity contribution in [2.45, 2.75) is 49.1 Å². The lowest BCUT2D eigenvalue weighted by atomic mass is 9.88. The molecule has 1 atom stereocenters. The number of rotatable bonds is 4. The molecule has 12 heteroatoms. The molecule has 2 fully saturated rings. The molecule has 1 N–H and O–H groups in total. The van der Waals surface area contributed by atoms with E-state index in [0.717, 1.165) is 0 Å². The summed E-state index contributed by atoms with van der Waals surface area (Å²) in [5.74, 6) is -2.12. The lowest BCUT2D eigenvalue weighted by molar-refractivity contribution is -0.136. The van der Waals surface area contributed by atoms with Crippen LogP contribution in [0, 0.1) is 5.82 Å². The molecule has 0 radical (unpaired) electrons. The first-order valence-electron chi connectivity index (χ1n) is 11.5. The Morgan fingerprint density at radius 3 is 2.42 bits per heavy atom. The van der Waals surface area contributed by atoms with Crippen LogP contribution >= 0.6 is 23.2 Å². The topological polar surface area (TPSA) is 104 Å². The third-order valence-electron chi connectivity index (χ3n) is 7.05. The molecular weight excluding hydrogens is 532 g/mol. The van der Waals surface area contributed by atoms with E-state index in [4.69, 9.17) is 23.2 Å². The van der Waals surface area contributed by atoms with E-state index in [0.29, 0.717) is 24.0 Å². The SMILES string of the molecule is O=C1CCC(N2Cc3cc(C4CCN(S(=O)(=O)c5cc(Cl)ccc5Cl)CC4)c(F)cc3C2=O)C(=O)N1. The number of hydrogen-bond donors (Lipinski definition) is 1. The largest absolute Gasteiger partial charge is 0.322 e. The van der Waals surface area contributed by atoms with Gasteiger partial charge in [0.25, 0.3) is 5.91 Å². The Bertz CT molecular complexity index is 1390. The zero-order valence-electron chi connectivity index (χ0n) is 19.0. The summed E-state index contributed by atoms with van der Waals surface area (Å²) in [6.45, 7) is 0.496. The van der Waals surface area contributed by atoms with Gasteiger partial charge >= 0.3 is 0 Å². The van der Waals surface area contributed by atoms with Gasteiger partial charge in [-0.3, -0.25) is 19.7 Å². The van der Waals surface area contributed by atoms with Crippen LogP contribution in [0.15, 0.2) is 35.2 Å². The number of carbonyl (C=O) groups is 3. The van der Waals surface area contributed by atoms with Crippen molar-refractivity contribution in [3.63, 3.8) is 0 Å². The van der Waals surface area contributed by atoms with Crippen molar-refractivity contribution in [2.75, 3.05) is 13.1 Å². The Hall–Kier alpha value is -2.53. The summed E-state index contributed by atoms with van der Waals surface area (Å²) in [5, 5.41) is 2.59. The third kappa shape index (κ3) is 4.40. The molecule has 0 bridgehead atoms. The van der Waals surface area contributed by atoms with Gasteiger partial charge in [0, 0.05) is 36.6 Å². The minimum atomic E-state index is -3.87. The number of nitrogens with one attached hydrogen (secondary N) is 1. The lowest BCUT2D eigenvalue weighted by Gasteiger charge is -2.32. The van der Waals surface area contributed by atoms with Crippen LogP contribution in [0.5, 0.6) is 0 Å². The van der Waals surface area contributed by atoms with Crippen LogP contribution in [-0.4, -0.2) is 54.5 Å². The minimum Gasteiger partial charge on any atom is -0.322 e. The lowest BCUT2D eigenvalue weighted by Crippen LogP contribution is -2.52. The van der Waals surface area contributed by atoms with Crippen LogP contribution in [-0.2, 0) is 26.2 Å². The van der Waals surface area contributed by atoms with Gasteiger partial charge in [-0.2, -0.15) is 4.31 Å². The Kier molecular flexibility index (Phi) is 6.57. The van der Waals surface area contributed by atoms with Crippen molar-refractivity contribution in [1.29, 1.82) is 0 Å². The van der Waals surface area contributed by atoms with E-state index >= 15 is 4.39 Å². The summed E-state index contributed by atoms with van der Waals surface area (Å²) in [5.41, 5.74) is 1.24. The van der Waals surface area contributed by atoms with E-state index in [1.165, 1.54) is 33.5 Å². The standard InChI is InChI=1S/C24H22Cl2FN3O5S/c25-15-1-2-18(26)21(10-15)36(34,35)29-7-5-13(6-8-29)16-9-14-12-30(24(33)17(14)11-19(16)27)20-3-4-22(31)28-23(20)32/h1-2,9-11,13,20H,3-8,12H2,(H,28,31,32). The first-order valence-corrected chi connectivity index (χ1v) is 13.7. The Labute approximate surface area is 217 Å². The summed E-state index contributed by atoms with van der Waals surface area (Å²) >= 11 is 12.1. The van der Waals surface area contributed by atoms with Crippen molar-refractivity contribution >= 4 is 50.9 Å².